The molecule has 8 heteroatoms. The van der Waals surface area contributed by atoms with Crippen molar-refractivity contribution in [3.05, 3.63) is 35.9 Å². The van der Waals surface area contributed by atoms with Crippen LogP contribution in [0, 0.1) is 5.92 Å². The molecule has 0 radical (unpaired) electrons. The Morgan fingerprint density at radius 2 is 1.68 bits per heavy atom. The van der Waals surface area contributed by atoms with Gasteiger partial charge in [0.1, 0.15) is 5.60 Å². The number of sulfone groups is 1. The molecular formula is C20H27NO6S. The number of benzene rings is 1. The maximum Gasteiger partial charge on any atom is 0.410 e. The molecule has 0 unspecified atom stereocenters. The van der Waals surface area contributed by atoms with Crippen molar-refractivity contribution in [2.45, 2.75) is 44.1 Å². The third-order valence-corrected chi connectivity index (χ3v) is 5.55. The lowest BCUT2D eigenvalue weighted by molar-refractivity contribution is -0.130. The predicted octanol–water partition coefficient (Wildman–Crippen LogP) is 3.21. The van der Waals surface area contributed by atoms with Crippen molar-refractivity contribution in [3.63, 3.8) is 0 Å². The highest BCUT2D eigenvalue weighted by molar-refractivity contribution is 7.90. The predicted molar refractivity (Wildman–Crippen MR) is 106 cm³/mol. The monoisotopic (exact) mass is 409 g/mol. The second-order valence-electron chi connectivity index (χ2n) is 7.99. The molecule has 1 aromatic carbocycles. The molecule has 0 saturated carbocycles. The summed E-state index contributed by atoms with van der Waals surface area (Å²) < 4.78 is 28.5. The van der Waals surface area contributed by atoms with Crippen LogP contribution in [0.3, 0.4) is 0 Å². The number of carboxylic acids is 1. The Labute approximate surface area is 165 Å². The van der Waals surface area contributed by atoms with Gasteiger partial charge in [0.15, 0.2) is 9.84 Å². The summed E-state index contributed by atoms with van der Waals surface area (Å²) >= 11 is 0. The average molecular weight is 410 g/mol. The fraction of sp³-hybridized carbons (Fsp3) is 0.500. The molecule has 0 aliphatic carbocycles. The normalized spacial score (nSPS) is 16.7. The first-order chi connectivity index (χ1) is 12.9. The third-order valence-electron chi connectivity index (χ3n) is 4.42. The zero-order chi connectivity index (χ0) is 21.1. The molecule has 0 aromatic heterocycles. The molecule has 1 aromatic rings. The number of hydrogen-bond donors (Lipinski definition) is 1. The van der Waals surface area contributed by atoms with Crippen LogP contribution in [-0.2, 0) is 19.4 Å². The Kier molecular flexibility index (Phi) is 6.54. The van der Waals surface area contributed by atoms with E-state index in [9.17, 15) is 23.1 Å². The second kappa shape index (κ2) is 8.34. The average Bonchev–Trinajstić information content (AvgIpc) is 2.58. The summed E-state index contributed by atoms with van der Waals surface area (Å²) in [6.45, 7) is 6.43. The van der Waals surface area contributed by atoms with E-state index in [0.29, 0.717) is 31.5 Å². The van der Waals surface area contributed by atoms with Crippen molar-refractivity contribution >= 4 is 27.5 Å². The van der Waals surface area contributed by atoms with E-state index in [0.717, 1.165) is 6.26 Å². The highest BCUT2D eigenvalue weighted by Crippen LogP contribution is 2.26. The minimum Gasteiger partial charge on any atom is -0.478 e. The maximum atomic E-state index is 12.1. The molecule has 0 bridgehead atoms. The van der Waals surface area contributed by atoms with E-state index < -0.39 is 21.4 Å². The zero-order valence-electron chi connectivity index (χ0n) is 16.6. The fourth-order valence-electron chi connectivity index (χ4n) is 2.98. The van der Waals surface area contributed by atoms with Gasteiger partial charge in [0, 0.05) is 19.3 Å². The van der Waals surface area contributed by atoms with Crippen LogP contribution in [0.25, 0.3) is 5.57 Å². The van der Waals surface area contributed by atoms with Crippen molar-refractivity contribution in [2.24, 2.45) is 5.92 Å². The highest BCUT2D eigenvalue weighted by Gasteiger charge is 2.27. The molecule has 0 atom stereocenters. The van der Waals surface area contributed by atoms with Gasteiger partial charge in [-0.25, -0.2) is 18.0 Å². The number of carbonyl (C=O) groups is 2. The number of ether oxygens (including phenoxy) is 1. The second-order valence-corrected chi connectivity index (χ2v) is 10.0. The lowest BCUT2D eigenvalue weighted by atomic mass is 9.92. The number of aliphatic carboxylic acids is 1. The SMILES string of the molecule is CC(C)(C)OC(=O)N1CCC(/C=C(/C(=O)O)c2ccc(S(C)(=O)=O)cc2)CC1. The molecule has 1 saturated heterocycles. The van der Waals surface area contributed by atoms with Crippen LogP contribution in [0.2, 0.25) is 0 Å². The number of nitrogens with zero attached hydrogens (tertiary/aromatic N) is 1. The molecule has 154 valence electrons. The molecule has 1 heterocycles. The first-order valence-electron chi connectivity index (χ1n) is 9.10. The van der Waals surface area contributed by atoms with E-state index in [1.165, 1.54) is 24.3 Å². The van der Waals surface area contributed by atoms with Crippen LogP contribution < -0.4 is 0 Å². The van der Waals surface area contributed by atoms with Gasteiger partial charge >= 0.3 is 12.1 Å². The minimum absolute atomic E-state index is 0.0133. The van der Waals surface area contributed by atoms with Crippen LogP contribution in [0.4, 0.5) is 4.79 Å². The minimum atomic E-state index is -3.34. The molecule has 1 aliphatic heterocycles. The van der Waals surface area contributed by atoms with Crippen molar-refractivity contribution in [1.82, 2.24) is 4.90 Å². The molecular weight excluding hydrogens is 382 g/mol. The summed E-state index contributed by atoms with van der Waals surface area (Å²) in [7, 11) is -3.34. The van der Waals surface area contributed by atoms with Crippen molar-refractivity contribution in [2.75, 3.05) is 19.3 Å². The van der Waals surface area contributed by atoms with Crippen LogP contribution in [-0.4, -0.2) is 55.4 Å². The van der Waals surface area contributed by atoms with Gasteiger partial charge in [0.25, 0.3) is 0 Å². The number of hydrogen-bond acceptors (Lipinski definition) is 5. The van der Waals surface area contributed by atoms with Gasteiger partial charge in [0.05, 0.1) is 10.5 Å². The van der Waals surface area contributed by atoms with E-state index in [2.05, 4.69) is 0 Å². The van der Waals surface area contributed by atoms with E-state index in [1.54, 1.807) is 11.0 Å². The summed E-state index contributed by atoms with van der Waals surface area (Å²) in [5.74, 6) is -1.05. The number of carbonyl (C=O) groups excluding carboxylic acids is 1. The third kappa shape index (κ3) is 6.09. The Bertz CT molecular complexity index is 857. The largest absolute Gasteiger partial charge is 0.478 e. The lowest BCUT2D eigenvalue weighted by Gasteiger charge is -2.32. The van der Waals surface area contributed by atoms with Gasteiger partial charge in [-0.15, -0.1) is 0 Å². The standard InChI is InChI=1S/C20H27NO6S/c1-20(2,3)27-19(24)21-11-9-14(10-12-21)13-17(18(22)23)15-5-7-16(8-6-15)28(4,25)26/h5-8,13-14H,9-12H2,1-4H3,(H,22,23)/b17-13+. The van der Waals surface area contributed by atoms with Crippen LogP contribution in [0.1, 0.15) is 39.2 Å². The van der Waals surface area contributed by atoms with Gasteiger partial charge in [-0.2, -0.15) is 0 Å². The Hall–Kier alpha value is -2.35. The number of carboxylic acid groups (broad SMARTS) is 1. The Morgan fingerprint density at radius 1 is 1.14 bits per heavy atom. The van der Waals surface area contributed by atoms with Crippen LogP contribution in [0.15, 0.2) is 35.2 Å². The number of likely N-dealkylation sites (tertiary alicyclic amines) is 1. The molecule has 0 spiro atoms. The van der Waals surface area contributed by atoms with E-state index >= 15 is 0 Å². The lowest BCUT2D eigenvalue weighted by Crippen LogP contribution is -2.41. The number of allylic oxidation sites excluding steroid dienone is 1. The smallest absolute Gasteiger partial charge is 0.410 e. The summed E-state index contributed by atoms with van der Waals surface area (Å²) in [4.78, 5) is 25.6. The van der Waals surface area contributed by atoms with Crippen LogP contribution >= 0.6 is 0 Å². The van der Waals surface area contributed by atoms with E-state index in [4.69, 9.17) is 4.74 Å². The molecule has 1 N–H and O–H groups in total. The summed E-state index contributed by atoms with van der Waals surface area (Å²) in [5, 5.41) is 9.58. The highest BCUT2D eigenvalue weighted by atomic mass is 32.2. The van der Waals surface area contributed by atoms with Crippen molar-refractivity contribution in [1.29, 1.82) is 0 Å². The van der Waals surface area contributed by atoms with Gasteiger partial charge in [0.2, 0.25) is 0 Å². The van der Waals surface area contributed by atoms with Gasteiger partial charge in [-0.3, -0.25) is 0 Å². The topological polar surface area (TPSA) is 101 Å². The van der Waals surface area contributed by atoms with Gasteiger partial charge in [-0.1, -0.05) is 18.2 Å². The first-order valence-corrected chi connectivity index (χ1v) is 11.0. The molecule has 1 fully saturated rings. The Morgan fingerprint density at radius 3 is 2.11 bits per heavy atom. The van der Waals surface area contributed by atoms with Crippen LogP contribution in [0.5, 0.6) is 0 Å². The maximum absolute atomic E-state index is 12.1. The molecule has 2 rings (SSSR count). The number of amides is 1. The molecule has 28 heavy (non-hydrogen) atoms. The first kappa shape index (κ1) is 21.9. The molecule has 1 amide bonds. The summed E-state index contributed by atoms with van der Waals surface area (Å²) in [6.07, 6.45) is 3.72. The summed E-state index contributed by atoms with van der Waals surface area (Å²) in [5.41, 5.74) is 0.0351. The Balaban J connectivity index is 2.10. The quantitative estimate of drug-likeness (QED) is 0.767. The van der Waals surface area contributed by atoms with Gasteiger partial charge in [-0.05, 0) is 57.2 Å². The summed E-state index contributed by atoms with van der Waals surface area (Å²) in [6, 6.07) is 5.83. The fourth-order valence-corrected chi connectivity index (χ4v) is 3.61. The zero-order valence-corrected chi connectivity index (χ0v) is 17.5. The van der Waals surface area contributed by atoms with Crippen molar-refractivity contribution in [3.8, 4) is 0 Å². The number of rotatable bonds is 4. The van der Waals surface area contributed by atoms with E-state index in [-0.39, 0.29) is 22.5 Å². The molecule has 7 nitrogen and oxygen atoms in total. The van der Waals surface area contributed by atoms with Gasteiger partial charge < -0.3 is 14.7 Å². The van der Waals surface area contributed by atoms with Crippen molar-refractivity contribution < 1.29 is 27.9 Å². The van der Waals surface area contributed by atoms with E-state index in [1.807, 2.05) is 20.8 Å². The number of piperidine rings is 1. The molecule has 1 aliphatic rings.